The topological polar surface area (TPSA) is 66.4 Å². The molecule has 2 aromatic rings. The number of sulfonamides is 1. The number of benzene rings is 2. The number of anilines is 1. The van der Waals surface area contributed by atoms with Gasteiger partial charge in [-0.1, -0.05) is 17.7 Å². The number of hydrogen-bond donors (Lipinski definition) is 2. The van der Waals surface area contributed by atoms with Gasteiger partial charge in [0.05, 0.1) is 22.2 Å². The summed E-state index contributed by atoms with van der Waals surface area (Å²) in [7, 11) is -4.05. The normalized spacial score (nSPS) is 11.4. The van der Waals surface area contributed by atoms with Crippen LogP contribution in [0.1, 0.15) is 5.56 Å². The van der Waals surface area contributed by atoms with Crippen molar-refractivity contribution in [2.75, 3.05) is 4.72 Å². The highest BCUT2D eigenvalue weighted by Gasteiger charge is 2.20. The lowest BCUT2D eigenvalue weighted by Gasteiger charge is -2.12. The highest BCUT2D eigenvalue weighted by molar-refractivity contribution is 14.1. The summed E-state index contributed by atoms with van der Waals surface area (Å²) in [6.07, 6.45) is 0. The van der Waals surface area contributed by atoms with Gasteiger partial charge in [-0.2, -0.15) is 0 Å². The van der Waals surface area contributed by atoms with E-state index in [0.717, 1.165) is 15.7 Å². The van der Waals surface area contributed by atoms with Gasteiger partial charge in [-0.15, -0.1) is 0 Å². The molecule has 0 saturated carbocycles. The van der Waals surface area contributed by atoms with Crippen molar-refractivity contribution in [2.24, 2.45) is 0 Å². The van der Waals surface area contributed by atoms with Gasteiger partial charge in [0.2, 0.25) is 0 Å². The zero-order valence-corrected chi connectivity index (χ0v) is 14.2. The first kappa shape index (κ1) is 16.5. The predicted molar refractivity (Wildman–Crippen MR) is 87.3 cm³/mol. The summed E-state index contributed by atoms with van der Waals surface area (Å²) < 4.78 is 41.1. The zero-order chi connectivity index (χ0) is 15.6. The Balaban J connectivity index is 2.45. The SMILES string of the molecule is O=S(=O)(Nc1ccc(I)cc1Cl)c1cc(F)ccc1CO. The van der Waals surface area contributed by atoms with Crippen LogP contribution in [-0.2, 0) is 16.6 Å². The molecule has 0 saturated heterocycles. The van der Waals surface area contributed by atoms with Crippen LogP contribution in [-0.4, -0.2) is 13.5 Å². The summed E-state index contributed by atoms with van der Waals surface area (Å²) in [5, 5.41) is 9.42. The molecule has 0 bridgehead atoms. The van der Waals surface area contributed by atoms with Crippen LogP contribution in [0, 0.1) is 9.39 Å². The zero-order valence-electron chi connectivity index (χ0n) is 10.5. The second kappa shape index (κ2) is 6.47. The molecule has 8 heteroatoms. The van der Waals surface area contributed by atoms with Gasteiger partial charge in [0.1, 0.15) is 5.82 Å². The number of rotatable bonds is 4. The van der Waals surface area contributed by atoms with Gasteiger partial charge in [0.25, 0.3) is 10.0 Å². The van der Waals surface area contributed by atoms with Crippen molar-refractivity contribution < 1.29 is 17.9 Å². The molecule has 4 nitrogen and oxygen atoms in total. The van der Waals surface area contributed by atoms with Crippen molar-refractivity contribution in [1.82, 2.24) is 0 Å². The summed E-state index contributed by atoms with van der Waals surface area (Å²) >= 11 is 8.02. The Hall–Kier alpha value is -0.900. The first-order chi connectivity index (χ1) is 9.83. The van der Waals surface area contributed by atoms with E-state index in [1.165, 1.54) is 12.1 Å². The summed E-state index contributed by atoms with van der Waals surface area (Å²) in [6, 6.07) is 7.96. The van der Waals surface area contributed by atoms with Crippen LogP contribution in [0.2, 0.25) is 5.02 Å². The molecule has 2 N–H and O–H groups in total. The molecule has 112 valence electrons. The molecule has 21 heavy (non-hydrogen) atoms. The van der Waals surface area contributed by atoms with Crippen molar-refractivity contribution in [1.29, 1.82) is 0 Å². The van der Waals surface area contributed by atoms with Crippen LogP contribution in [0.5, 0.6) is 0 Å². The van der Waals surface area contributed by atoms with E-state index in [4.69, 9.17) is 11.6 Å². The van der Waals surface area contributed by atoms with Gasteiger partial charge >= 0.3 is 0 Å². The fourth-order valence-corrected chi connectivity index (χ4v) is 3.96. The van der Waals surface area contributed by atoms with Crippen LogP contribution in [0.15, 0.2) is 41.3 Å². The Morgan fingerprint density at radius 3 is 2.57 bits per heavy atom. The van der Waals surface area contributed by atoms with Gasteiger partial charge in [-0.25, -0.2) is 12.8 Å². The highest BCUT2D eigenvalue weighted by Crippen LogP contribution is 2.27. The lowest BCUT2D eigenvalue weighted by molar-refractivity contribution is 0.278. The fraction of sp³-hybridized carbons (Fsp3) is 0.0769. The third-order valence-electron chi connectivity index (χ3n) is 2.66. The third kappa shape index (κ3) is 3.85. The van der Waals surface area contributed by atoms with E-state index in [0.29, 0.717) is 0 Å². The summed E-state index contributed by atoms with van der Waals surface area (Å²) in [5.41, 5.74) is 0.288. The average molecular weight is 442 g/mol. The number of hydrogen-bond acceptors (Lipinski definition) is 3. The van der Waals surface area contributed by atoms with E-state index in [1.54, 1.807) is 12.1 Å². The van der Waals surface area contributed by atoms with Gasteiger partial charge in [-0.05, 0) is 58.5 Å². The monoisotopic (exact) mass is 441 g/mol. The molecule has 0 radical (unpaired) electrons. The number of nitrogens with one attached hydrogen (secondary N) is 1. The minimum absolute atomic E-state index is 0.102. The minimum atomic E-state index is -4.05. The molecule has 2 aromatic carbocycles. The molecule has 0 heterocycles. The lowest BCUT2D eigenvalue weighted by Crippen LogP contribution is -2.15. The molecule has 0 fully saturated rings. The highest BCUT2D eigenvalue weighted by atomic mass is 127. The Morgan fingerprint density at radius 1 is 1.24 bits per heavy atom. The second-order valence-electron chi connectivity index (χ2n) is 4.14. The van der Waals surface area contributed by atoms with Crippen LogP contribution >= 0.6 is 34.2 Å². The lowest BCUT2D eigenvalue weighted by atomic mass is 10.2. The van der Waals surface area contributed by atoms with Gasteiger partial charge < -0.3 is 5.11 Å². The van der Waals surface area contributed by atoms with Crippen molar-refractivity contribution in [3.05, 3.63) is 56.4 Å². The van der Waals surface area contributed by atoms with E-state index in [-0.39, 0.29) is 21.2 Å². The molecule has 0 spiro atoms. The van der Waals surface area contributed by atoms with Crippen LogP contribution in [0.25, 0.3) is 0 Å². The molecular formula is C13H10ClFINO3S. The number of aliphatic hydroxyl groups excluding tert-OH is 1. The predicted octanol–water partition coefficient (Wildman–Crippen LogP) is 3.38. The van der Waals surface area contributed by atoms with E-state index in [2.05, 4.69) is 4.72 Å². The van der Waals surface area contributed by atoms with E-state index < -0.39 is 22.4 Å². The Morgan fingerprint density at radius 2 is 1.95 bits per heavy atom. The molecule has 0 aromatic heterocycles. The number of halogens is 3. The van der Waals surface area contributed by atoms with E-state index in [1.807, 2.05) is 22.6 Å². The van der Waals surface area contributed by atoms with Gasteiger partial charge in [0.15, 0.2) is 0 Å². The molecule has 0 aliphatic rings. The Bertz CT molecular complexity index is 783. The fourth-order valence-electron chi connectivity index (χ4n) is 1.68. The molecule has 0 unspecified atom stereocenters. The van der Waals surface area contributed by atoms with Crippen molar-refractivity contribution in [3.8, 4) is 0 Å². The van der Waals surface area contributed by atoms with Crippen LogP contribution in [0.3, 0.4) is 0 Å². The van der Waals surface area contributed by atoms with Gasteiger partial charge in [-0.3, -0.25) is 4.72 Å². The average Bonchev–Trinajstić information content (AvgIpc) is 2.42. The smallest absolute Gasteiger partial charge is 0.262 e. The quantitative estimate of drug-likeness (QED) is 0.715. The van der Waals surface area contributed by atoms with Crippen molar-refractivity contribution >= 4 is 49.9 Å². The maximum Gasteiger partial charge on any atom is 0.262 e. The molecule has 2 rings (SSSR count). The van der Waals surface area contributed by atoms with E-state index in [9.17, 15) is 17.9 Å². The molecule has 0 amide bonds. The van der Waals surface area contributed by atoms with Crippen molar-refractivity contribution in [3.63, 3.8) is 0 Å². The maximum atomic E-state index is 13.3. The summed E-state index contributed by atoms with van der Waals surface area (Å²) in [6.45, 7) is -0.517. The van der Waals surface area contributed by atoms with Crippen molar-refractivity contribution in [2.45, 2.75) is 11.5 Å². The first-order valence-corrected chi connectivity index (χ1v) is 8.64. The standard InChI is InChI=1S/C13H10ClFINO3S/c14-11-6-10(16)3-4-12(11)17-21(19,20)13-5-9(15)2-1-8(13)7-18/h1-6,17-18H,7H2. The Kier molecular flexibility index (Phi) is 5.07. The maximum absolute atomic E-state index is 13.3. The van der Waals surface area contributed by atoms with E-state index >= 15 is 0 Å². The molecule has 0 atom stereocenters. The van der Waals surface area contributed by atoms with Gasteiger partial charge in [0, 0.05) is 3.57 Å². The van der Waals surface area contributed by atoms with Crippen LogP contribution < -0.4 is 4.72 Å². The number of aliphatic hydroxyl groups is 1. The largest absolute Gasteiger partial charge is 0.392 e. The molecule has 0 aliphatic carbocycles. The third-order valence-corrected chi connectivity index (χ3v) is 5.10. The first-order valence-electron chi connectivity index (χ1n) is 5.70. The minimum Gasteiger partial charge on any atom is -0.392 e. The molecular weight excluding hydrogens is 432 g/mol. The Labute approximate surface area is 140 Å². The molecule has 0 aliphatic heterocycles. The second-order valence-corrected chi connectivity index (χ2v) is 7.44. The summed E-state index contributed by atoms with van der Waals surface area (Å²) in [5.74, 6) is -0.707. The van der Waals surface area contributed by atoms with Crippen LogP contribution in [0.4, 0.5) is 10.1 Å². The summed E-state index contributed by atoms with van der Waals surface area (Å²) in [4.78, 5) is -0.320.